The zero-order valence-corrected chi connectivity index (χ0v) is 8.86. The molecule has 0 aliphatic heterocycles. The predicted octanol–water partition coefficient (Wildman–Crippen LogP) is 3.02. The molecule has 1 aromatic rings. The average molecular weight is 191 g/mol. The fourth-order valence-corrected chi connectivity index (χ4v) is 1.36. The lowest BCUT2D eigenvalue weighted by Crippen LogP contribution is -2.22. The summed E-state index contributed by atoms with van der Waals surface area (Å²) in [5.74, 6) is 0.709. The van der Waals surface area contributed by atoms with Crippen LogP contribution in [0.5, 0.6) is 0 Å². The first-order chi connectivity index (χ1) is 6.79. The van der Waals surface area contributed by atoms with Crippen molar-refractivity contribution in [2.75, 3.05) is 18.1 Å². The van der Waals surface area contributed by atoms with E-state index in [4.69, 9.17) is 4.74 Å². The first-order valence-electron chi connectivity index (χ1n) is 4.93. The Morgan fingerprint density at radius 2 is 1.93 bits per heavy atom. The maximum atomic E-state index is 5.38. The van der Waals surface area contributed by atoms with Gasteiger partial charge in [0.1, 0.15) is 0 Å². The van der Waals surface area contributed by atoms with Crippen molar-refractivity contribution in [3.63, 3.8) is 0 Å². The zero-order valence-electron chi connectivity index (χ0n) is 8.86. The van der Waals surface area contributed by atoms with Gasteiger partial charge in [0.15, 0.2) is 5.88 Å². The third-order valence-electron chi connectivity index (χ3n) is 2.00. The summed E-state index contributed by atoms with van der Waals surface area (Å²) in [5.41, 5.74) is 1.12. The van der Waals surface area contributed by atoms with E-state index in [-0.39, 0.29) is 0 Å². The van der Waals surface area contributed by atoms with Crippen molar-refractivity contribution in [3.05, 3.63) is 42.8 Å². The molecule has 0 radical (unpaired) electrons. The fraction of sp³-hybridized carbons (Fsp3) is 0.333. The molecule has 2 nitrogen and oxygen atoms in total. The van der Waals surface area contributed by atoms with Crippen LogP contribution < -0.4 is 4.90 Å². The molecule has 0 saturated heterocycles. The van der Waals surface area contributed by atoms with E-state index in [1.165, 1.54) is 0 Å². The predicted molar refractivity (Wildman–Crippen MR) is 60.2 cm³/mol. The maximum Gasteiger partial charge on any atom is 0.186 e. The molecule has 0 spiro atoms. The number of hydrogen-bond donors (Lipinski definition) is 0. The quantitative estimate of drug-likeness (QED) is 0.663. The molecule has 76 valence electrons. The first kappa shape index (κ1) is 10.6. The molecule has 0 N–H and O–H groups in total. The van der Waals surface area contributed by atoms with Crippen LogP contribution in [0.25, 0.3) is 0 Å². The van der Waals surface area contributed by atoms with Crippen LogP contribution in [0.15, 0.2) is 42.8 Å². The highest BCUT2D eigenvalue weighted by Crippen LogP contribution is 2.17. The molecule has 0 bridgehead atoms. The Balaban J connectivity index is 2.77. The molecule has 1 aromatic carbocycles. The second-order valence-corrected chi connectivity index (χ2v) is 2.91. The molecule has 0 fully saturated rings. The Kier molecular flexibility index (Phi) is 4.05. The zero-order chi connectivity index (χ0) is 10.4. The Hall–Kier alpha value is -1.44. The van der Waals surface area contributed by atoms with Gasteiger partial charge in [-0.05, 0) is 32.6 Å². The molecule has 1 rings (SSSR count). The van der Waals surface area contributed by atoms with Crippen LogP contribution in [0.2, 0.25) is 0 Å². The minimum absolute atomic E-state index is 0.655. The number of hydrogen-bond acceptors (Lipinski definition) is 2. The Morgan fingerprint density at radius 3 is 2.43 bits per heavy atom. The maximum absolute atomic E-state index is 5.38. The highest BCUT2D eigenvalue weighted by Gasteiger charge is 2.07. The summed E-state index contributed by atoms with van der Waals surface area (Å²) in [4.78, 5) is 2.05. The highest BCUT2D eigenvalue weighted by molar-refractivity contribution is 5.49. The largest absolute Gasteiger partial charge is 0.480 e. The summed E-state index contributed by atoms with van der Waals surface area (Å²) < 4.78 is 5.38. The summed E-state index contributed by atoms with van der Waals surface area (Å²) in [6, 6.07) is 10.1. The van der Waals surface area contributed by atoms with E-state index in [1.807, 2.05) is 42.2 Å². The van der Waals surface area contributed by atoms with E-state index >= 15 is 0 Å². The van der Waals surface area contributed by atoms with Gasteiger partial charge in [0, 0.05) is 12.2 Å². The van der Waals surface area contributed by atoms with Gasteiger partial charge in [0.05, 0.1) is 6.61 Å². The molecule has 0 atom stereocenters. The average Bonchev–Trinajstić information content (AvgIpc) is 2.21. The number of anilines is 1. The number of ether oxygens (including phenoxy) is 1. The molecule has 2 heteroatoms. The van der Waals surface area contributed by atoms with Crippen LogP contribution in [0, 0.1) is 0 Å². The van der Waals surface area contributed by atoms with Crippen LogP contribution in [0.3, 0.4) is 0 Å². The van der Waals surface area contributed by atoms with Crippen LogP contribution in [0.1, 0.15) is 13.8 Å². The lowest BCUT2D eigenvalue weighted by molar-refractivity contribution is 0.222. The van der Waals surface area contributed by atoms with Gasteiger partial charge in [-0.15, -0.1) is 0 Å². The number of rotatable bonds is 5. The molecule has 0 amide bonds. The number of para-hydroxylation sites is 1. The summed E-state index contributed by atoms with van der Waals surface area (Å²) in [6.07, 6.45) is 0. The van der Waals surface area contributed by atoms with Gasteiger partial charge in [0.25, 0.3) is 0 Å². The molecule has 0 aliphatic carbocycles. The lowest BCUT2D eigenvalue weighted by atomic mass is 10.3. The Bertz CT molecular complexity index is 282. The third kappa shape index (κ3) is 2.52. The highest BCUT2D eigenvalue weighted by atomic mass is 16.5. The summed E-state index contributed by atoms with van der Waals surface area (Å²) in [6.45, 7) is 9.46. The molecular formula is C12H17NO. The van der Waals surface area contributed by atoms with Crippen LogP contribution in [0.4, 0.5) is 5.69 Å². The van der Waals surface area contributed by atoms with Crippen molar-refractivity contribution in [2.45, 2.75) is 13.8 Å². The number of benzene rings is 1. The van der Waals surface area contributed by atoms with Gasteiger partial charge in [-0.2, -0.15) is 0 Å². The van der Waals surface area contributed by atoms with Gasteiger partial charge >= 0.3 is 0 Å². The molecule has 14 heavy (non-hydrogen) atoms. The van der Waals surface area contributed by atoms with Crippen molar-refractivity contribution < 1.29 is 4.74 Å². The van der Waals surface area contributed by atoms with E-state index in [2.05, 4.69) is 13.5 Å². The fourth-order valence-electron chi connectivity index (χ4n) is 1.36. The van der Waals surface area contributed by atoms with E-state index in [0.717, 1.165) is 12.2 Å². The molecule has 0 saturated carbocycles. The van der Waals surface area contributed by atoms with Crippen molar-refractivity contribution >= 4 is 5.69 Å². The summed E-state index contributed by atoms with van der Waals surface area (Å²) in [7, 11) is 0. The topological polar surface area (TPSA) is 12.5 Å². The molecule has 0 aromatic heterocycles. The smallest absolute Gasteiger partial charge is 0.186 e. The van der Waals surface area contributed by atoms with Crippen molar-refractivity contribution in [1.82, 2.24) is 0 Å². The van der Waals surface area contributed by atoms with Gasteiger partial charge < -0.3 is 9.64 Å². The van der Waals surface area contributed by atoms with E-state index in [0.29, 0.717) is 12.5 Å². The van der Waals surface area contributed by atoms with E-state index in [1.54, 1.807) is 0 Å². The SMILES string of the molecule is C=C(OCC)N(CC)c1ccccc1. The minimum atomic E-state index is 0.655. The lowest BCUT2D eigenvalue weighted by Gasteiger charge is -2.24. The second kappa shape index (κ2) is 5.32. The minimum Gasteiger partial charge on any atom is -0.480 e. The van der Waals surface area contributed by atoms with Gasteiger partial charge in [-0.1, -0.05) is 18.2 Å². The Morgan fingerprint density at radius 1 is 1.29 bits per heavy atom. The normalized spacial score (nSPS) is 9.57. The van der Waals surface area contributed by atoms with Crippen molar-refractivity contribution in [1.29, 1.82) is 0 Å². The van der Waals surface area contributed by atoms with Gasteiger partial charge in [-0.3, -0.25) is 0 Å². The summed E-state index contributed by atoms with van der Waals surface area (Å²) >= 11 is 0. The molecule has 0 aliphatic rings. The van der Waals surface area contributed by atoms with E-state index < -0.39 is 0 Å². The van der Waals surface area contributed by atoms with Crippen LogP contribution >= 0.6 is 0 Å². The van der Waals surface area contributed by atoms with Gasteiger partial charge in [-0.25, -0.2) is 0 Å². The van der Waals surface area contributed by atoms with Crippen LogP contribution in [-0.2, 0) is 4.74 Å². The third-order valence-corrected chi connectivity index (χ3v) is 2.00. The number of nitrogens with zero attached hydrogens (tertiary/aromatic N) is 1. The van der Waals surface area contributed by atoms with Crippen molar-refractivity contribution in [3.8, 4) is 0 Å². The summed E-state index contributed by atoms with van der Waals surface area (Å²) in [5, 5.41) is 0. The molecule has 0 unspecified atom stereocenters. The Labute approximate surface area is 85.8 Å². The molecule has 0 heterocycles. The standard InChI is InChI=1S/C12H17NO/c1-4-13(11(3)14-5-2)12-9-7-6-8-10-12/h6-10H,3-5H2,1-2H3. The van der Waals surface area contributed by atoms with E-state index in [9.17, 15) is 0 Å². The first-order valence-corrected chi connectivity index (χ1v) is 4.93. The van der Waals surface area contributed by atoms with Gasteiger partial charge in [0.2, 0.25) is 0 Å². The monoisotopic (exact) mass is 191 g/mol. The molecular weight excluding hydrogens is 174 g/mol. The van der Waals surface area contributed by atoms with Crippen LogP contribution in [-0.4, -0.2) is 13.2 Å². The second-order valence-electron chi connectivity index (χ2n) is 2.91. The van der Waals surface area contributed by atoms with Crippen molar-refractivity contribution in [2.24, 2.45) is 0 Å².